The molecule has 54 heavy (non-hydrogen) atoms. The van der Waals surface area contributed by atoms with Crippen LogP contribution in [-0.2, 0) is 77.8 Å². The number of methoxy groups -OCH3 is 1. The first-order chi connectivity index (χ1) is 25.4. The molecule has 2 amide bonds. The molecule has 0 bridgehead atoms. The van der Waals surface area contributed by atoms with Crippen LogP contribution in [0.15, 0.2) is 71.7 Å². The monoisotopic (exact) mass is 969 g/mol. The first-order valence-corrected chi connectivity index (χ1v) is 18.0. The Morgan fingerprint density at radius 2 is 1.65 bits per heavy atom. The molecule has 4 aliphatic rings. The van der Waals surface area contributed by atoms with E-state index in [0.717, 1.165) is 77.9 Å². The predicted molar refractivity (Wildman–Crippen MR) is 201 cm³/mol. The van der Waals surface area contributed by atoms with E-state index in [1.807, 2.05) is 71.5 Å². The summed E-state index contributed by atoms with van der Waals surface area (Å²) in [5, 5.41) is 0. The SMILES string of the molecule is COc1cc2c(cc1OCCCOc1cc3c(cc1C)C(=O)N1c4cc[c-]cc4C[C@H]1CC3)N=C[C@@H]1Cc3ccccc3N1C2=O.[CH2-]CCC[C-]=O.[W].[Y]. The van der Waals surface area contributed by atoms with Crippen LogP contribution in [0, 0.1) is 19.9 Å². The number of carbonyl (C=O) groups excluding carboxylic acids is 3. The molecular weight excluding hydrogens is 927 g/mol. The van der Waals surface area contributed by atoms with Gasteiger partial charge in [0.25, 0.3) is 11.8 Å². The molecule has 277 valence electrons. The number of amides is 2. The van der Waals surface area contributed by atoms with Gasteiger partial charge < -0.3 is 30.8 Å². The number of para-hydroxylation sites is 1. The zero-order valence-electron chi connectivity index (χ0n) is 30.6. The molecule has 0 saturated heterocycles. The molecule has 0 saturated carbocycles. The Bertz CT molecular complexity index is 2040. The number of nitrogens with zero attached hydrogens (tertiary/aromatic N) is 3. The molecule has 8 rings (SSSR count). The van der Waals surface area contributed by atoms with Gasteiger partial charge in [-0.25, -0.2) is 0 Å². The topological polar surface area (TPSA) is 97.7 Å². The average molecular weight is 970 g/mol. The minimum Gasteiger partial charge on any atom is -0.542 e. The Hall–Kier alpha value is -3.65. The number of carbonyl (C=O) groups is 2. The molecule has 0 N–H and O–H groups in total. The largest absolute Gasteiger partial charge is 0.542 e. The third-order valence-corrected chi connectivity index (χ3v) is 10.1. The Balaban J connectivity index is 0.000000650. The van der Waals surface area contributed by atoms with Crippen LogP contribution in [0.25, 0.3) is 0 Å². The molecule has 0 spiro atoms. The van der Waals surface area contributed by atoms with E-state index in [4.69, 9.17) is 19.2 Å². The number of hydrogen-bond donors (Lipinski definition) is 0. The molecule has 11 heteroatoms. The van der Waals surface area contributed by atoms with Crippen LogP contribution in [0.1, 0.15) is 75.1 Å². The first kappa shape index (κ1) is 41.5. The molecule has 4 heterocycles. The minimum atomic E-state index is -0.119. The van der Waals surface area contributed by atoms with Crippen LogP contribution in [0.2, 0.25) is 0 Å². The van der Waals surface area contributed by atoms with Crippen molar-refractivity contribution in [2.45, 2.75) is 70.4 Å². The van der Waals surface area contributed by atoms with E-state index in [-0.39, 0.29) is 77.7 Å². The number of anilines is 2. The Labute approximate surface area is 357 Å². The summed E-state index contributed by atoms with van der Waals surface area (Å²) in [6, 6.07) is 24.6. The molecule has 4 aromatic rings. The summed E-state index contributed by atoms with van der Waals surface area (Å²) >= 11 is 0. The standard InChI is InChI=1S/C38H34N3O5.C5H8O.W.Y/c1-23-16-29-24(12-13-27-17-25-8-3-5-10-32(25)40(27)37(29)42)19-34(23)45-14-7-15-46-36-21-31-30(20-35(36)44-2)38(43)41-28(22-39-31)18-26-9-4-6-11-33(26)41;1-2-3-4-5-6;;/h4-6,8-11,16,19-22,27-28H,7,12-15,17-18H2,1-2H3;1-4H2;;/q-1;-2;;/t27-,28+;;;/m1.../s1. The van der Waals surface area contributed by atoms with Crippen molar-refractivity contribution in [1.82, 2.24) is 0 Å². The van der Waals surface area contributed by atoms with Gasteiger partial charge in [0.15, 0.2) is 11.5 Å². The Morgan fingerprint density at radius 1 is 0.889 bits per heavy atom. The van der Waals surface area contributed by atoms with Gasteiger partial charge in [0, 0.05) is 96.2 Å². The van der Waals surface area contributed by atoms with Gasteiger partial charge in [-0.2, -0.15) is 31.0 Å². The summed E-state index contributed by atoms with van der Waals surface area (Å²) in [6.07, 6.45) is 9.89. The smallest absolute Gasteiger partial charge is 0.261 e. The van der Waals surface area contributed by atoms with E-state index in [1.54, 1.807) is 25.5 Å². The van der Waals surface area contributed by atoms with Crippen molar-refractivity contribution in [2.75, 3.05) is 30.1 Å². The molecule has 1 radical (unpaired) electrons. The van der Waals surface area contributed by atoms with Crippen molar-refractivity contribution in [3.8, 4) is 17.2 Å². The van der Waals surface area contributed by atoms with Crippen molar-refractivity contribution in [3.05, 3.63) is 113 Å². The summed E-state index contributed by atoms with van der Waals surface area (Å²) in [5.74, 6) is 1.79. The van der Waals surface area contributed by atoms with Gasteiger partial charge >= 0.3 is 0 Å². The summed E-state index contributed by atoms with van der Waals surface area (Å²) in [4.78, 5) is 45.2. The second-order valence-corrected chi connectivity index (χ2v) is 13.4. The zero-order chi connectivity index (χ0) is 36.2. The Morgan fingerprint density at radius 3 is 2.41 bits per heavy atom. The van der Waals surface area contributed by atoms with Crippen LogP contribution < -0.4 is 24.0 Å². The zero-order valence-corrected chi connectivity index (χ0v) is 36.4. The molecule has 4 aromatic carbocycles. The molecule has 2 atom stereocenters. The van der Waals surface area contributed by atoms with Crippen molar-refractivity contribution < 1.29 is 82.4 Å². The molecule has 4 aliphatic heterocycles. The summed E-state index contributed by atoms with van der Waals surface area (Å²) in [6.45, 7) is 6.38. The number of benzene rings is 4. The van der Waals surface area contributed by atoms with E-state index in [0.29, 0.717) is 48.8 Å². The van der Waals surface area contributed by atoms with Crippen molar-refractivity contribution in [3.63, 3.8) is 0 Å². The van der Waals surface area contributed by atoms with Crippen LogP contribution in [-0.4, -0.2) is 56.7 Å². The van der Waals surface area contributed by atoms with Gasteiger partial charge in [0.05, 0.1) is 37.6 Å². The number of hydrogen-bond acceptors (Lipinski definition) is 7. The van der Waals surface area contributed by atoms with Gasteiger partial charge in [-0.05, 0) is 60.7 Å². The second-order valence-electron chi connectivity index (χ2n) is 13.4. The average Bonchev–Trinajstić information content (AvgIpc) is 3.66. The normalized spacial score (nSPS) is 17.0. The second kappa shape index (κ2) is 18.8. The maximum atomic E-state index is 13.7. The van der Waals surface area contributed by atoms with Gasteiger partial charge in [0.2, 0.25) is 0 Å². The fourth-order valence-corrected chi connectivity index (χ4v) is 7.46. The third-order valence-electron chi connectivity index (χ3n) is 10.1. The number of ether oxygens (including phenoxy) is 3. The fraction of sp³-hybridized carbons (Fsp3) is 0.326. The van der Waals surface area contributed by atoms with Crippen molar-refractivity contribution in [2.24, 2.45) is 4.99 Å². The summed E-state index contributed by atoms with van der Waals surface area (Å²) in [5.41, 5.74) is 8.07. The number of fused-ring (bicyclic) bond motifs is 8. The third kappa shape index (κ3) is 8.44. The minimum absolute atomic E-state index is 0. The number of unbranched alkanes of at least 4 members (excludes halogenated alkanes) is 2. The predicted octanol–water partition coefficient (Wildman–Crippen LogP) is 7.55. The van der Waals surface area contributed by atoms with Gasteiger partial charge in [-0.15, -0.1) is 18.1 Å². The maximum Gasteiger partial charge on any atom is 0.261 e. The summed E-state index contributed by atoms with van der Waals surface area (Å²) < 4.78 is 18.0. The number of aryl methyl sites for hydroxylation is 2. The van der Waals surface area contributed by atoms with E-state index in [9.17, 15) is 14.4 Å². The van der Waals surface area contributed by atoms with Gasteiger partial charge in [0.1, 0.15) is 5.75 Å². The molecule has 0 fully saturated rings. The van der Waals surface area contributed by atoms with E-state index in [1.165, 1.54) is 5.56 Å². The quantitative estimate of drug-likeness (QED) is 0.120. The summed E-state index contributed by atoms with van der Waals surface area (Å²) in [7, 11) is 1.57. The van der Waals surface area contributed by atoms with Crippen LogP contribution in [0.4, 0.5) is 17.1 Å². The number of rotatable bonds is 10. The van der Waals surface area contributed by atoms with E-state index in [2.05, 4.69) is 19.1 Å². The molecule has 0 aliphatic carbocycles. The van der Waals surface area contributed by atoms with Crippen LogP contribution in [0.3, 0.4) is 0 Å². The molecule has 0 unspecified atom stereocenters. The van der Waals surface area contributed by atoms with Gasteiger partial charge in [-0.1, -0.05) is 30.3 Å². The van der Waals surface area contributed by atoms with Crippen molar-refractivity contribution >= 4 is 41.4 Å². The van der Waals surface area contributed by atoms with E-state index < -0.39 is 0 Å². The Kier molecular flexibility index (Phi) is 14.4. The van der Waals surface area contributed by atoms with Crippen molar-refractivity contribution in [1.29, 1.82) is 0 Å². The van der Waals surface area contributed by atoms with Crippen LogP contribution >= 0.6 is 0 Å². The number of aliphatic imine (C=N–C) groups is 1. The van der Waals surface area contributed by atoms with Crippen LogP contribution in [0.5, 0.6) is 17.2 Å². The van der Waals surface area contributed by atoms with E-state index >= 15 is 0 Å². The maximum absolute atomic E-state index is 13.7. The first-order valence-electron chi connectivity index (χ1n) is 18.0. The molecule has 0 aromatic heterocycles. The molecule has 9 nitrogen and oxygen atoms in total. The molecular formula is C43H42N3O6WY-3. The van der Waals surface area contributed by atoms with Gasteiger partial charge in [-0.3, -0.25) is 25.8 Å². The fourth-order valence-electron chi connectivity index (χ4n) is 7.46.